The van der Waals surface area contributed by atoms with Gasteiger partial charge in [0.15, 0.2) is 0 Å². The first kappa shape index (κ1) is 13.1. The van der Waals surface area contributed by atoms with E-state index in [0.717, 1.165) is 12.0 Å². The Balaban J connectivity index is 1.83. The van der Waals surface area contributed by atoms with Gasteiger partial charge in [-0.3, -0.25) is 4.90 Å². The number of nitrogens with one attached hydrogen (secondary N) is 1. The molecule has 3 rings (SSSR count). The van der Waals surface area contributed by atoms with Crippen LogP contribution >= 0.6 is 0 Å². The SMILES string of the molecule is CNC1c2ccccc2CC1N1CCC(C)CC1C. The van der Waals surface area contributed by atoms with Gasteiger partial charge in [0.25, 0.3) is 0 Å². The summed E-state index contributed by atoms with van der Waals surface area (Å²) in [5, 5.41) is 3.56. The zero-order valence-corrected chi connectivity index (χ0v) is 12.4. The molecule has 4 atom stereocenters. The Kier molecular flexibility index (Phi) is 3.64. The van der Waals surface area contributed by atoms with Crippen LogP contribution in [0, 0.1) is 5.92 Å². The zero-order chi connectivity index (χ0) is 13.4. The Labute approximate surface area is 117 Å². The average molecular weight is 258 g/mol. The molecule has 1 aliphatic heterocycles. The molecule has 4 unspecified atom stereocenters. The lowest BCUT2D eigenvalue weighted by Crippen LogP contribution is -2.50. The van der Waals surface area contributed by atoms with Crippen molar-refractivity contribution in [3.05, 3.63) is 35.4 Å². The predicted octanol–water partition coefficient (Wildman–Crippen LogP) is 2.99. The summed E-state index contributed by atoms with van der Waals surface area (Å²) in [7, 11) is 2.11. The van der Waals surface area contributed by atoms with Crippen molar-refractivity contribution in [2.24, 2.45) is 5.92 Å². The van der Waals surface area contributed by atoms with Crippen molar-refractivity contribution < 1.29 is 0 Å². The number of rotatable bonds is 2. The summed E-state index contributed by atoms with van der Waals surface area (Å²) in [6, 6.07) is 10.8. The van der Waals surface area contributed by atoms with Gasteiger partial charge in [-0.1, -0.05) is 31.2 Å². The fourth-order valence-electron chi connectivity index (χ4n) is 4.15. The molecule has 0 saturated carbocycles. The van der Waals surface area contributed by atoms with E-state index in [2.05, 4.69) is 55.4 Å². The average Bonchev–Trinajstić information content (AvgIpc) is 2.76. The van der Waals surface area contributed by atoms with Crippen LogP contribution in [0.4, 0.5) is 0 Å². The molecular weight excluding hydrogens is 232 g/mol. The highest BCUT2D eigenvalue weighted by Gasteiger charge is 2.38. The second kappa shape index (κ2) is 5.26. The summed E-state index contributed by atoms with van der Waals surface area (Å²) in [6.45, 7) is 6.07. The molecule has 1 aromatic rings. The van der Waals surface area contributed by atoms with Gasteiger partial charge >= 0.3 is 0 Å². The van der Waals surface area contributed by atoms with Crippen LogP contribution in [0.3, 0.4) is 0 Å². The summed E-state index contributed by atoms with van der Waals surface area (Å²) in [5.74, 6) is 0.892. The van der Waals surface area contributed by atoms with Crippen molar-refractivity contribution in [3.63, 3.8) is 0 Å². The number of hydrogen-bond acceptors (Lipinski definition) is 2. The molecule has 1 fully saturated rings. The van der Waals surface area contributed by atoms with Gasteiger partial charge in [0.1, 0.15) is 0 Å². The van der Waals surface area contributed by atoms with Crippen molar-refractivity contribution in [2.75, 3.05) is 13.6 Å². The number of hydrogen-bond donors (Lipinski definition) is 1. The smallest absolute Gasteiger partial charge is 0.0481 e. The van der Waals surface area contributed by atoms with E-state index in [1.165, 1.54) is 36.9 Å². The lowest BCUT2D eigenvalue weighted by Gasteiger charge is -2.42. The van der Waals surface area contributed by atoms with E-state index in [1.807, 2.05) is 0 Å². The standard InChI is InChI=1S/C17H26N2/c1-12-8-9-19(13(2)10-12)16-11-14-6-4-5-7-15(14)17(16)18-3/h4-7,12-13,16-18H,8-11H2,1-3H3. The molecule has 2 nitrogen and oxygen atoms in total. The highest BCUT2D eigenvalue weighted by atomic mass is 15.2. The van der Waals surface area contributed by atoms with Crippen molar-refractivity contribution in [1.82, 2.24) is 10.2 Å². The normalized spacial score (nSPS) is 35.3. The molecular formula is C17H26N2. The Morgan fingerprint density at radius 3 is 2.74 bits per heavy atom. The van der Waals surface area contributed by atoms with Gasteiger partial charge in [-0.2, -0.15) is 0 Å². The fourth-order valence-corrected chi connectivity index (χ4v) is 4.15. The van der Waals surface area contributed by atoms with Crippen molar-refractivity contribution in [3.8, 4) is 0 Å². The van der Waals surface area contributed by atoms with E-state index in [9.17, 15) is 0 Å². The molecule has 19 heavy (non-hydrogen) atoms. The molecule has 0 spiro atoms. The van der Waals surface area contributed by atoms with Crippen LogP contribution in [0.25, 0.3) is 0 Å². The van der Waals surface area contributed by atoms with E-state index in [1.54, 1.807) is 0 Å². The number of likely N-dealkylation sites (tertiary alicyclic amines) is 1. The van der Waals surface area contributed by atoms with E-state index in [-0.39, 0.29) is 0 Å². The molecule has 1 N–H and O–H groups in total. The molecule has 0 bridgehead atoms. The van der Waals surface area contributed by atoms with Crippen molar-refractivity contribution in [2.45, 2.75) is 51.2 Å². The highest BCUT2D eigenvalue weighted by Crippen LogP contribution is 2.37. The van der Waals surface area contributed by atoms with Gasteiger partial charge in [0.05, 0.1) is 0 Å². The minimum absolute atomic E-state index is 0.507. The molecule has 2 heteroatoms. The maximum atomic E-state index is 3.56. The maximum Gasteiger partial charge on any atom is 0.0481 e. The van der Waals surface area contributed by atoms with Gasteiger partial charge in [-0.25, -0.2) is 0 Å². The van der Waals surface area contributed by atoms with Gasteiger partial charge in [-0.15, -0.1) is 0 Å². The Morgan fingerprint density at radius 1 is 1.21 bits per heavy atom. The van der Waals surface area contributed by atoms with Crippen LogP contribution < -0.4 is 5.32 Å². The Bertz CT molecular complexity index is 443. The molecule has 1 aliphatic carbocycles. The highest BCUT2D eigenvalue weighted by molar-refractivity contribution is 5.37. The Morgan fingerprint density at radius 2 is 2.00 bits per heavy atom. The first-order valence-electron chi connectivity index (χ1n) is 7.71. The maximum absolute atomic E-state index is 3.56. The third-order valence-electron chi connectivity index (χ3n) is 5.13. The first-order valence-corrected chi connectivity index (χ1v) is 7.71. The van der Waals surface area contributed by atoms with Gasteiger partial charge in [0.2, 0.25) is 0 Å². The molecule has 104 valence electrons. The van der Waals surface area contributed by atoms with E-state index in [4.69, 9.17) is 0 Å². The van der Waals surface area contributed by atoms with Crippen LogP contribution in [0.5, 0.6) is 0 Å². The van der Waals surface area contributed by atoms with Gasteiger partial charge < -0.3 is 5.32 Å². The van der Waals surface area contributed by atoms with Crippen LogP contribution in [0.1, 0.15) is 43.9 Å². The minimum Gasteiger partial charge on any atom is -0.312 e. The lowest BCUT2D eigenvalue weighted by molar-refractivity contribution is 0.0689. The van der Waals surface area contributed by atoms with Crippen LogP contribution in [0.15, 0.2) is 24.3 Å². The molecule has 1 saturated heterocycles. The van der Waals surface area contributed by atoms with Crippen LogP contribution in [-0.2, 0) is 6.42 Å². The van der Waals surface area contributed by atoms with Crippen molar-refractivity contribution in [1.29, 1.82) is 0 Å². The third kappa shape index (κ3) is 2.32. The number of likely N-dealkylation sites (N-methyl/N-ethyl adjacent to an activating group) is 1. The summed E-state index contributed by atoms with van der Waals surface area (Å²) >= 11 is 0. The summed E-state index contributed by atoms with van der Waals surface area (Å²) in [4.78, 5) is 2.75. The monoisotopic (exact) mass is 258 g/mol. The van der Waals surface area contributed by atoms with E-state index >= 15 is 0 Å². The molecule has 1 aromatic carbocycles. The number of nitrogens with zero attached hydrogens (tertiary/aromatic N) is 1. The summed E-state index contributed by atoms with van der Waals surface area (Å²) < 4.78 is 0. The number of fused-ring (bicyclic) bond motifs is 1. The van der Waals surface area contributed by atoms with Gasteiger partial charge in [0, 0.05) is 18.1 Å². The first-order chi connectivity index (χ1) is 9.20. The van der Waals surface area contributed by atoms with Crippen LogP contribution in [0.2, 0.25) is 0 Å². The van der Waals surface area contributed by atoms with E-state index in [0.29, 0.717) is 12.1 Å². The molecule has 0 aromatic heterocycles. The van der Waals surface area contributed by atoms with E-state index < -0.39 is 0 Å². The zero-order valence-electron chi connectivity index (χ0n) is 12.4. The predicted molar refractivity (Wildman–Crippen MR) is 80.3 cm³/mol. The second-order valence-electron chi connectivity index (χ2n) is 6.45. The quantitative estimate of drug-likeness (QED) is 0.877. The number of benzene rings is 1. The molecule has 2 aliphatic rings. The number of piperidine rings is 1. The van der Waals surface area contributed by atoms with Crippen LogP contribution in [-0.4, -0.2) is 30.6 Å². The van der Waals surface area contributed by atoms with Gasteiger partial charge in [-0.05, 0) is 56.8 Å². The summed E-state index contributed by atoms with van der Waals surface area (Å²) in [5.41, 5.74) is 3.05. The Hall–Kier alpha value is -0.860. The van der Waals surface area contributed by atoms with Crippen molar-refractivity contribution >= 4 is 0 Å². The molecule has 1 heterocycles. The molecule has 0 radical (unpaired) electrons. The largest absolute Gasteiger partial charge is 0.312 e. The topological polar surface area (TPSA) is 15.3 Å². The summed E-state index contributed by atoms with van der Waals surface area (Å²) in [6.07, 6.45) is 3.91. The second-order valence-corrected chi connectivity index (χ2v) is 6.45. The third-order valence-corrected chi connectivity index (χ3v) is 5.13. The fraction of sp³-hybridized carbons (Fsp3) is 0.647. The minimum atomic E-state index is 0.507. The lowest BCUT2D eigenvalue weighted by atomic mass is 9.91. The molecule has 0 amide bonds.